The molecule has 0 amide bonds. The lowest BCUT2D eigenvalue weighted by molar-refractivity contribution is -0.137. The molecule has 6 heteroatoms. The van der Waals surface area contributed by atoms with Crippen LogP contribution in [0, 0.1) is 11.8 Å². The Morgan fingerprint density at radius 3 is 1.33 bits per heavy atom. The van der Waals surface area contributed by atoms with Crippen LogP contribution < -0.4 is 0 Å². The van der Waals surface area contributed by atoms with Gasteiger partial charge in [-0.3, -0.25) is 0 Å². The normalized spacial score (nSPS) is 15.8. The van der Waals surface area contributed by atoms with Gasteiger partial charge in [0.1, 0.15) is 0 Å². The summed E-state index contributed by atoms with van der Waals surface area (Å²) in [5.74, 6) is -3.48. The fourth-order valence-corrected chi connectivity index (χ4v) is 1.85. The summed E-state index contributed by atoms with van der Waals surface area (Å²) in [5, 5.41) is 18.4. The Kier molecular flexibility index (Phi) is 7.23. The zero-order valence-corrected chi connectivity index (χ0v) is 11.1. The maximum absolute atomic E-state index is 11.3. The molecule has 0 aliphatic carbocycles. The Balaban J connectivity index is 5.57. The first-order valence-corrected chi connectivity index (χ1v) is 5.55. The average molecular weight is 260 g/mol. The lowest BCUT2D eigenvalue weighted by Gasteiger charge is -2.19. The topological polar surface area (TPSA) is 93.1 Å². The molecule has 0 fully saturated rings. The summed E-state index contributed by atoms with van der Waals surface area (Å²) in [5.41, 5.74) is -0.261. The molecule has 0 unspecified atom stereocenters. The Bertz CT molecular complexity index is 301. The van der Waals surface area contributed by atoms with Gasteiger partial charge in [0.25, 0.3) is 0 Å². The summed E-state index contributed by atoms with van der Waals surface area (Å²) in [7, 11) is 2.88. The van der Waals surface area contributed by atoms with Crippen LogP contribution in [0.3, 0.4) is 0 Å². The molecule has 0 heterocycles. The first-order chi connectivity index (χ1) is 8.36. The van der Waals surface area contributed by atoms with E-state index in [1.54, 1.807) is 13.8 Å². The third kappa shape index (κ3) is 4.46. The van der Waals surface area contributed by atoms with Crippen LogP contribution in [0.15, 0.2) is 11.1 Å². The van der Waals surface area contributed by atoms with E-state index in [4.69, 9.17) is 9.47 Å². The molecule has 0 aromatic rings. The SMILES string of the molecule is COC[C@H](C)/C(C(=O)O)=C(\C(=O)O)[C@@H](C)COC. The Labute approximate surface area is 106 Å². The molecule has 0 spiro atoms. The van der Waals surface area contributed by atoms with Crippen LogP contribution in [0.2, 0.25) is 0 Å². The summed E-state index contributed by atoms with van der Waals surface area (Å²) in [6, 6.07) is 0. The van der Waals surface area contributed by atoms with Gasteiger partial charge in [-0.15, -0.1) is 0 Å². The first-order valence-electron chi connectivity index (χ1n) is 5.55. The second-order valence-electron chi connectivity index (χ2n) is 4.15. The number of rotatable bonds is 8. The van der Waals surface area contributed by atoms with Crippen molar-refractivity contribution >= 4 is 11.9 Å². The van der Waals surface area contributed by atoms with Gasteiger partial charge in [-0.05, 0) is 0 Å². The Morgan fingerprint density at radius 1 is 0.889 bits per heavy atom. The molecule has 0 saturated carbocycles. The van der Waals surface area contributed by atoms with E-state index in [1.807, 2.05) is 0 Å². The van der Waals surface area contributed by atoms with E-state index in [9.17, 15) is 19.8 Å². The highest BCUT2D eigenvalue weighted by molar-refractivity contribution is 5.99. The fraction of sp³-hybridized carbons (Fsp3) is 0.667. The van der Waals surface area contributed by atoms with Crippen LogP contribution in [0.25, 0.3) is 0 Å². The summed E-state index contributed by atoms with van der Waals surface area (Å²) in [6.45, 7) is 3.54. The van der Waals surface area contributed by atoms with Gasteiger partial charge < -0.3 is 19.7 Å². The first kappa shape index (κ1) is 16.6. The van der Waals surface area contributed by atoms with E-state index < -0.39 is 23.8 Å². The molecule has 6 nitrogen and oxygen atoms in total. The maximum atomic E-state index is 11.3. The van der Waals surface area contributed by atoms with Crippen molar-refractivity contribution in [3.05, 3.63) is 11.1 Å². The number of carboxylic acid groups (broad SMARTS) is 2. The molecule has 0 saturated heterocycles. The lowest BCUT2D eigenvalue weighted by Crippen LogP contribution is -2.25. The number of hydrogen-bond donors (Lipinski definition) is 2. The van der Waals surface area contributed by atoms with Gasteiger partial charge in [0.05, 0.1) is 24.4 Å². The van der Waals surface area contributed by atoms with E-state index in [-0.39, 0.29) is 24.4 Å². The van der Waals surface area contributed by atoms with Gasteiger partial charge in [0.15, 0.2) is 0 Å². The number of carbonyl (C=O) groups is 2. The fourth-order valence-electron chi connectivity index (χ4n) is 1.85. The number of aliphatic carboxylic acids is 2. The summed E-state index contributed by atoms with van der Waals surface area (Å²) >= 11 is 0. The van der Waals surface area contributed by atoms with Crippen molar-refractivity contribution in [3.63, 3.8) is 0 Å². The van der Waals surface area contributed by atoms with Crippen molar-refractivity contribution in [2.45, 2.75) is 13.8 Å². The quantitative estimate of drug-likeness (QED) is 0.633. The van der Waals surface area contributed by atoms with Gasteiger partial charge >= 0.3 is 11.9 Å². The van der Waals surface area contributed by atoms with E-state index in [2.05, 4.69) is 0 Å². The molecule has 2 N–H and O–H groups in total. The molecule has 0 bridgehead atoms. The molecular formula is C12H20O6. The summed E-state index contributed by atoms with van der Waals surface area (Å²) < 4.78 is 9.77. The molecule has 0 aliphatic rings. The standard InChI is InChI=1S/C12H20O6/c1-7(5-17-3)9(11(13)14)10(12(15)16)8(2)6-18-4/h7-8H,5-6H2,1-4H3,(H,13,14)(H,15,16)/b10-9+/t7-,8-/m0/s1. The van der Waals surface area contributed by atoms with E-state index >= 15 is 0 Å². The minimum atomic E-state index is -1.24. The van der Waals surface area contributed by atoms with Crippen molar-refractivity contribution in [2.24, 2.45) is 11.8 Å². The second-order valence-corrected chi connectivity index (χ2v) is 4.15. The monoisotopic (exact) mass is 260 g/mol. The summed E-state index contributed by atoms with van der Waals surface area (Å²) in [4.78, 5) is 22.5. The third-order valence-electron chi connectivity index (χ3n) is 2.57. The summed E-state index contributed by atoms with van der Waals surface area (Å²) in [6.07, 6.45) is 0. The predicted octanol–water partition coefficient (Wildman–Crippen LogP) is 1.02. The Morgan fingerprint density at radius 2 is 1.17 bits per heavy atom. The van der Waals surface area contributed by atoms with E-state index in [0.717, 1.165) is 0 Å². The zero-order chi connectivity index (χ0) is 14.3. The molecule has 2 atom stereocenters. The van der Waals surface area contributed by atoms with Crippen molar-refractivity contribution in [2.75, 3.05) is 27.4 Å². The number of carboxylic acids is 2. The Hall–Kier alpha value is -1.40. The van der Waals surface area contributed by atoms with Gasteiger partial charge in [-0.25, -0.2) is 9.59 Å². The van der Waals surface area contributed by atoms with Crippen LogP contribution in [-0.4, -0.2) is 49.6 Å². The minimum absolute atomic E-state index is 0.131. The van der Waals surface area contributed by atoms with E-state index in [1.165, 1.54) is 14.2 Å². The van der Waals surface area contributed by atoms with Crippen molar-refractivity contribution in [1.82, 2.24) is 0 Å². The lowest BCUT2D eigenvalue weighted by atomic mass is 9.89. The van der Waals surface area contributed by atoms with Gasteiger partial charge in [-0.1, -0.05) is 13.8 Å². The van der Waals surface area contributed by atoms with E-state index in [0.29, 0.717) is 0 Å². The van der Waals surface area contributed by atoms with Crippen LogP contribution >= 0.6 is 0 Å². The molecule has 18 heavy (non-hydrogen) atoms. The predicted molar refractivity (Wildman–Crippen MR) is 64.4 cm³/mol. The van der Waals surface area contributed by atoms with Crippen LogP contribution in [0.5, 0.6) is 0 Å². The largest absolute Gasteiger partial charge is 0.478 e. The molecule has 0 rings (SSSR count). The van der Waals surface area contributed by atoms with Crippen molar-refractivity contribution in [3.8, 4) is 0 Å². The van der Waals surface area contributed by atoms with Gasteiger partial charge in [0.2, 0.25) is 0 Å². The van der Waals surface area contributed by atoms with Crippen molar-refractivity contribution in [1.29, 1.82) is 0 Å². The van der Waals surface area contributed by atoms with Crippen LogP contribution in [0.1, 0.15) is 13.8 Å². The van der Waals surface area contributed by atoms with Gasteiger partial charge in [0, 0.05) is 26.1 Å². The molecule has 0 radical (unpaired) electrons. The highest BCUT2D eigenvalue weighted by Gasteiger charge is 2.28. The minimum Gasteiger partial charge on any atom is -0.478 e. The highest BCUT2D eigenvalue weighted by Crippen LogP contribution is 2.23. The molecular weight excluding hydrogens is 240 g/mol. The maximum Gasteiger partial charge on any atom is 0.332 e. The molecule has 104 valence electrons. The zero-order valence-electron chi connectivity index (χ0n) is 11.1. The second kappa shape index (κ2) is 7.84. The third-order valence-corrected chi connectivity index (χ3v) is 2.57. The molecule has 0 aromatic heterocycles. The van der Waals surface area contributed by atoms with Crippen LogP contribution in [0.4, 0.5) is 0 Å². The van der Waals surface area contributed by atoms with Crippen molar-refractivity contribution < 1.29 is 29.3 Å². The molecule has 0 aromatic carbocycles. The smallest absolute Gasteiger partial charge is 0.332 e. The number of methoxy groups -OCH3 is 2. The molecule has 0 aliphatic heterocycles. The van der Waals surface area contributed by atoms with Crippen LogP contribution in [-0.2, 0) is 19.1 Å². The van der Waals surface area contributed by atoms with Gasteiger partial charge in [-0.2, -0.15) is 0 Å². The number of ether oxygens (including phenoxy) is 2. The highest BCUT2D eigenvalue weighted by atomic mass is 16.5. The number of hydrogen-bond acceptors (Lipinski definition) is 4. The average Bonchev–Trinajstić information content (AvgIpc) is 2.24.